The van der Waals surface area contributed by atoms with E-state index in [-0.39, 0.29) is 0 Å². The van der Waals surface area contributed by atoms with Gasteiger partial charge in [-0.15, -0.1) is 5.10 Å². The number of ether oxygens (including phenoxy) is 1. The zero-order valence-corrected chi connectivity index (χ0v) is 25.4. The lowest BCUT2D eigenvalue weighted by Gasteiger charge is -2.35. The van der Waals surface area contributed by atoms with Gasteiger partial charge in [-0.1, -0.05) is 36.1 Å². The van der Waals surface area contributed by atoms with Crippen LogP contribution >= 0.6 is 0 Å². The molecule has 0 fully saturated rings. The van der Waals surface area contributed by atoms with Gasteiger partial charge < -0.3 is 9.84 Å². The molecule has 0 amide bonds. The molecule has 3 heterocycles. The molecule has 3 aromatic carbocycles. The van der Waals surface area contributed by atoms with Gasteiger partial charge in [0.1, 0.15) is 42.1 Å². The minimum absolute atomic E-state index is 0.304. The molecule has 0 radical (unpaired) electrons. The summed E-state index contributed by atoms with van der Waals surface area (Å²) in [6.45, 7) is -0.0702. The first-order valence-electron chi connectivity index (χ1n) is 14.6. The third kappa shape index (κ3) is 7.30. The Labute approximate surface area is 276 Å². The summed E-state index contributed by atoms with van der Waals surface area (Å²) < 4.78 is 68.6. The Morgan fingerprint density at radius 3 is 2.22 bits per heavy atom. The van der Waals surface area contributed by atoms with Crippen molar-refractivity contribution in [3.8, 4) is 23.7 Å². The fourth-order valence-corrected chi connectivity index (χ4v) is 4.91. The number of benzene rings is 3. The van der Waals surface area contributed by atoms with E-state index in [2.05, 4.69) is 43.5 Å². The van der Waals surface area contributed by atoms with Crippen molar-refractivity contribution >= 4 is 0 Å². The van der Waals surface area contributed by atoms with Crippen molar-refractivity contribution in [1.29, 1.82) is 5.26 Å². The summed E-state index contributed by atoms with van der Waals surface area (Å²) in [7, 11) is 0. The van der Waals surface area contributed by atoms with Gasteiger partial charge in [0, 0.05) is 35.2 Å². The second kappa shape index (κ2) is 13.8. The van der Waals surface area contributed by atoms with Crippen molar-refractivity contribution in [2.24, 2.45) is 0 Å². The highest BCUT2D eigenvalue weighted by Crippen LogP contribution is 2.46. The predicted molar refractivity (Wildman–Crippen MR) is 165 cm³/mol. The monoisotopic (exact) mass is 664 g/mol. The molecule has 0 spiro atoms. The maximum absolute atomic E-state index is 15.9. The van der Waals surface area contributed by atoms with Crippen LogP contribution in [0.1, 0.15) is 39.1 Å². The summed E-state index contributed by atoms with van der Waals surface area (Å²) in [5.41, 5.74) is -1.54. The summed E-state index contributed by atoms with van der Waals surface area (Å²) in [6, 6.07) is 21.1. The maximum Gasteiger partial charge on any atom is 0.323 e. The average molecular weight is 665 g/mol. The van der Waals surface area contributed by atoms with E-state index in [4.69, 9.17) is 10.00 Å². The molecule has 0 aliphatic rings. The van der Waals surface area contributed by atoms with Crippen molar-refractivity contribution in [2.75, 3.05) is 0 Å². The quantitative estimate of drug-likeness (QED) is 0.158. The van der Waals surface area contributed by atoms with Crippen LogP contribution in [0.2, 0.25) is 0 Å². The molecule has 244 valence electrons. The molecule has 1 unspecified atom stereocenters. The maximum atomic E-state index is 15.9. The molecular weight excluding hydrogens is 640 g/mol. The van der Waals surface area contributed by atoms with Crippen LogP contribution in [0, 0.1) is 34.8 Å². The lowest BCUT2D eigenvalue weighted by Crippen LogP contribution is -2.48. The van der Waals surface area contributed by atoms with E-state index in [9.17, 15) is 13.9 Å². The largest absolute Gasteiger partial charge is 0.489 e. The average Bonchev–Trinajstić information content (AvgIpc) is 3.79. The molecule has 6 rings (SSSR count). The summed E-state index contributed by atoms with van der Waals surface area (Å²) in [5.74, 6) is -0.145. The van der Waals surface area contributed by atoms with Gasteiger partial charge in [0.05, 0.1) is 24.8 Å². The molecule has 49 heavy (non-hydrogen) atoms. The molecule has 6 aromatic rings. The number of hydrogen-bond acceptors (Lipinski definition) is 8. The number of alkyl halides is 2. The summed E-state index contributed by atoms with van der Waals surface area (Å²) in [5, 5.41) is 34.6. The zero-order valence-electron chi connectivity index (χ0n) is 25.4. The molecule has 0 saturated heterocycles. The van der Waals surface area contributed by atoms with Crippen LogP contribution in [0.15, 0.2) is 104 Å². The Balaban J connectivity index is 1.10. The van der Waals surface area contributed by atoms with Crippen molar-refractivity contribution in [2.45, 2.75) is 31.2 Å². The molecule has 0 aliphatic heterocycles. The highest BCUT2D eigenvalue weighted by molar-refractivity contribution is 5.44. The smallest absolute Gasteiger partial charge is 0.323 e. The fourth-order valence-electron chi connectivity index (χ4n) is 4.91. The Morgan fingerprint density at radius 2 is 1.57 bits per heavy atom. The SMILES string of the molecule is N#Cc1cnn(Cc2ccc(COc3ccc(C#Cc4ccc(C(F)(F)C(O)(Cn5cnnn5)c5ccc(F)cc5F)nc4)cc3)cc2)c1. The summed E-state index contributed by atoms with van der Waals surface area (Å²) in [6.07, 6.45) is 5.29. The highest BCUT2D eigenvalue weighted by atomic mass is 19.3. The van der Waals surface area contributed by atoms with Crippen molar-refractivity contribution in [1.82, 2.24) is 35.0 Å². The third-order valence-corrected chi connectivity index (χ3v) is 7.50. The van der Waals surface area contributed by atoms with Crippen LogP contribution in [-0.2, 0) is 31.2 Å². The molecule has 0 saturated carbocycles. The van der Waals surface area contributed by atoms with E-state index in [0.29, 0.717) is 41.7 Å². The highest BCUT2D eigenvalue weighted by Gasteiger charge is 2.58. The van der Waals surface area contributed by atoms with Gasteiger partial charge in [0.15, 0.2) is 5.60 Å². The molecule has 1 N–H and O–H groups in total. The van der Waals surface area contributed by atoms with Gasteiger partial charge in [-0.25, -0.2) is 13.5 Å². The third-order valence-electron chi connectivity index (χ3n) is 7.50. The number of tetrazole rings is 1. The van der Waals surface area contributed by atoms with E-state index >= 15 is 8.78 Å². The Bertz CT molecular complexity index is 2150. The molecule has 10 nitrogen and oxygen atoms in total. The zero-order chi connectivity index (χ0) is 34.4. The van der Waals surface area contributed by atoms with E-state index in [0.717, 1.165) is 46.5 Å². The van der Waals surface area contributed by atoms with Gasteiger partial charge >= 0.3 is 5.92 Å². The number of nitrogens with zero attached hydrogens (tertiary/aromatic N) is 8. The predicted octanol–water partition coefficient (Wildman–Crippen LogP) is 5.12. The van der Waals surface area contributed by atoms with Crippen molar-refractivity contribution in [3.63, 3.8) is 0 Å². The first-order chi connectivity index (χ1) is 23.6. The number of aliphatic hydroxyl groups is 1. The number of pyridine rings is 1. The molecule has 3 aromatic heterocycles. The molecule has 14 heteroatoms. The van der Waals surface area contributed by atoms with Gasteiger partial charge in [-0.05, 0) is 70.1 Å². The van der Waals surface area contributed by atoms with E-state index in [1.54, 1.807) is 35.1 Å². The standard InChI is InChI=1S/C35H24F4N8O2/c36-29-10-13-31(32(37)15-29)34(48,22-47-23-42-44-45-47)35(38,39)33-14-9-25(17-41-33)2-1-24-7-11-30(12-8-24)49-21-27-5-3-26(4-6-27)19-46-20-28(16-40)18-43-46/h3-15,17-18,20,23,48H,19,21-22H2. The fraction of sp³-hybridized carbons (Fsp3) is 0.143. The number of hydrogen-bond donors (Lipinski definition) is 1. The lowest BCUT2D eigenvalue weighted by molar-refractivity contribution is -0.207. The van der Waals surface area contributed by atoms with Crippen molar-refractivity contribution < 1.29 is 27.4 Å². The van der Waals surface area contributed by atoms with Crippen LogP contribution in [0.3, 0.4) is 0 Å². The van der Waals surface area contributed by atoms with Crippen LogP contribution in [-0.4, -0.2) is 40.1 Å². The minimum Gasteiger partial charge on any atom is -0.489 e. The normalized spacial score (nSPS) is 12.4. The second-order valence-corrected chi connectivity index (χ2v) is 10.9. The second-order valence-electron chi connectivity index (χ2n) is 10.9. The van der Waals surface area contributed by atoms with Crippen LogP contribution < -0.4 is 4.74 Å². The van der Waals surface area contributed by atoms with Crippen molar-refractivity contribution in [3.05, 3.63) is 154 Å². The molecule has 0 bridgehead atoms. The first-order valence-corrected chi connectivity index (χ1v) is 14.6. The van der Waals surface area contributed by atoms with Crippen LogP contribution in [0.4, 0.5) is 17.6 Å². The van der Waals surface area contributed by atoms with Gasteiger partial charge in [0.25, 0.3) is 0 Å². The van der Waals surface area contributed by atoms with Gasteiger partial charge in [0.2, 0.25) is 0 Å². The van der Waals surface area contributed by atoms with Gasteiger partial charge in [-0.2, -0.15) is 19.1 Å². The van der Waals surface area contributed by atoms with Crippen LogP contribution in [0.25, 0.3) is 0 Å². The number of nitriles is 1. The number of halogens is 4. The summed E-state index contributed by atoms with van der Waals surface area (Å²) >= 11 is 0. The van der Waals surface area contributed by atoms with E-state index in [1.165, 1.54) is 12.3 Å². The van der Waals surface area contributed by atoms with Crippen LogP contribution in [0.5, 0.6) is 5.75 Å². The number of aromatic nitrogens is 7. The lowest BCUT2D eigenvalue weighted by atomic mass is 9.84. The first kappa shape index (κ1) is 32.6. The Hall–Kier alpha value is -6.38. The topological polar surface area (TPSA) is 128 Å². The Morgan fingerprint density at radius 1 is 0.837 bits per heavy atom. The van der Waals surface area contributed by atoms with Gasteiger partial charge in [-0.3, -0.25) is 9.67 Å². The summed E-state index contributed by atoms with van der Waals surface area (Å²) in [4.78, 5) is 3.82. The number of rotatable bonds is 10. The minimum atomic E-state index is -4.18. The molecule has 1 atom stereocenters. The van der Waals surface area contributed by atoms with E-state index in [1.807, 2.05) is 24.3 Å². The van der Waals surface area contributed by atoms with E-state index < -0.39 is 41.0 Å². The molecular formula is C35H24F4N8O2. The Kier molecular flexibility index (Phi) is 9.15. The molecule has 0 aliphatic carbocycles.